The van der Waals surface area contributed by atoms with Crippen molar-refractivity contribution in [2.24, 2.45) is 0 Å². The van der Waals surface area contributed by atoms with Crippen molar-refractivity contribution in [1.82, 2.24) is 10.2 Å². The highest BCUT2D eigenvalue weighted by molar-refractivity contribution is 6.01. The van der Waals surface area contributed by atoms with Crippen LogP contribution in [0.5, 0.6) is 0 Å². The molecule has 1 aliphatic rings. The quantitative estimate of drug-likeness (QED) is 0.803. The summed E-state index contributed by atoms with van der Waals surface area (Å²) in [5.41, 5.74) is 2.82. The molecule has 0 fully saturated rings. The SMILES string of the molecule is C=CC(=O)N(CC)CC(=O)NC(C)c1ccc2c(c1)CC(=O)N2C. The average molecular weight is 329 g/mol. The van der Waals surface area contributed by atoms with Gasteiger partial charge in [0.25, 0.3) is 0 Å². The molecule has 1 heterocycles. The lowest BCUT2D eigenvalue weighted by Crippen LogP contribution is -2.40. The molecular formula is C18H23N3O3. The summed E-state index contributed by atoms with van der Waals surface area (Å²) in [7, 11) is 1.76. The molecule has 1 unspecified atom stereocenters. The van der Waals surface area contributed by atoms with Gasteiger partial charge in [0.15, 0.2) is 0 Å². The first-order valence-corrected chi connectivity index (χ1v) is 7.97. The standard InChI is InChI=1S/C18H23N3O3/c1-5-17(23)21(6-2)11-16(22)19-12(3)13-7-8-15-14(9-13)10-18(24)20(15)4/h5,7-9,12H,1,6,10-11H2,2-4H3,(H,19,22). The number of rotatable bonds is 6. The van der Waals surface area contributed by atoms with Crippen molar-refractivity contribution in [3.8, 4) is 0 Å². The molecule has 0 aromatic heterocycles. The first-order valence-electron chi connectivity index (χ1n) is 7.97. The number of hydrogen-bond acceptors (Lipinski definition) is 3. The van der Waals surface area contributed by atoms with Crippen molar-refractivity contribution in [3.05, 3.63) is 42.0 Å². The fourth-order valence-corrected chi connectivity index (χ4v) is 2.78. The van der Waals surface area contributed by atoms with E-state index in [-0.39, 0.29) is 30.3 Å². The number of nitrogens with zero attached hydrogens (tertiary/aromatic N) is 2. The van der Waals surface area contributed by atoms with Crippen LogP contribution in [0.2, 0.25) is 0 Å². The number of carbonyl (C=O) groups excluding carboxylic acids is 3. The predicted molar refractivity (Wildman–Crippen MR) is 92.6 cm³/mol. The van der Waals surface area contributed by atoms with Gasteiger partial charge in [0, 0.05) is 19.3 Å². The summed E-state index contributed by atoms with van der Waals surface area (Å²) in [6.07, 6.45) is 1.59. The number of benzene rings is 1. The predicted octanol–water partition coefficient (Wildman–Crippen LogP) is 1.42. The normalized spacial score (nSPS) is 14.1. The Balaban J connectivity index is 2.02. The van der Waals surface area contributed by atoms with E-state index in [1.54, 1.807) is 11.9 Å². The number of anilines is 1. The summed E-state index contributed by atoms with van der Waals surface area (Å²) in [5, 5.41) is 2.89. The molecule has 1 aliphatic heterocycles. The van der Waals surface area contributed by atoms with Crippen LogP contribution in [0.25, 0.3) is 0 Å². The van der Waals surface area contributed by atoms with Gasteiger partial charge in [-0.1, -0.05) is 18.7 Å². The van der Waals surface area contributed by atoms with Gasteiger partial charge in [-0.25, -0.2) is 0 Å². The molecule has 0 saturated heterocycles. The van der Waals surface area contributed by atoms with Crippen molar-refractivity contribution in [1.29, 1.82) is 0 Å². The Bertz CT molecular complexity index is 684. The zero-order valence-electron chi connectivity index (χ0n) is 14.3. The van der Waals surface area contributed by atoms with Crippen LogP contribution >= 0.6 is 0 Å². The summed E-state index contributed by atoms with van der Waals surface area (Å²) in [6, 6.07) is 5.55. The largest absolute Gasteiger partial charge is 0.348 e. The van der Waals surface area contributed by atoms with Crippen molar-refractivity contribution >= 4 is 23.4 Å². The summed E-state index contributed by atoms with van der Waals surface area (Å²) in [5.74, 6) is -0.423. The van der Waals surface area contributed by atoms with Gasteiger partial charge < -0.3 is 15.1 Å². The van der Waals surface area contributed by atoms with Crippen LogP contribution < -0.4 is 10.2 Å². The Morgan fingerprint density at radius 2 is 2.17 bits per heavy atom. The Morgan fingerprint density at radius 3 is 2.79 bits per heavy atom. The lowest BCUT2D eigenvalue weighted by Gasteiger charge is -2.21. The molecule has 1 aromatic rings. The number of amides is 3. The van der Waals surface area contributed by atoms with E-state index >= 15 is 0 Å². The van der Waals surface area contributed by atoms with Gasteiger partial charge in [-0.05, 0) is 37.1 Å². The molecular weight excluding hydrogens is 306 g/mol. The Kier molecular flexibility index (Phi) is 5.39. The molecule has 3 amide bonds. The van der Waals surface area contributed by atoms with Crippen LogP contribution in [-0.4, -0.2) is 42.8 Å². The monoisotopic (exact) mass is 329 g/mol. The van der Waals surface area contributed by atoms with E-state index in [1.807, 2.05) is 32.0 Å². The maximum Gasteiger partial charge on any atom is 0.246 e. The van der Waals surface area contributed by atoms with Gasteiger partial charge >= 0.3 is 0 Å². The van der Waals surface area contributed by atoms with Crippen molar-refractivity contribution in [2.75, 3.05) is 25.0 Å². The fourth-order valence-electron chi connectivity index (χ4n) is 2.78. The van der Waals surface area contributed by atoms with Gasteiger partial charge in [0.2, 0.25) is 17.7 Å². The first-order chi connectivity index (χ1) is 11.4. The maximum atomic E-state index is 12.2. The van der Waals surface area contributed by atoms with Crippen molar-refractivity contribution < 1.29 is 14.4 Å². The second-order valence-corrected chi connectivity index (χ2v) is 5.86. The van der Waals surface area contributed by atoms with E-state index in [0.29, 0.717) is 13.0 Å². The molecule has 1 N–H and O–H groups in total. The van der Waals surface area contributed by atoms with Gasteiger partial charge in [-0.2, -0.15) is 0 Å². The zero-order chi connectivity index (χ0) is 17.9. The topological polar surface area (TPSA) is 69.7 Å². The van der Waals surface area contributed by atoms with E-state index in [9.17, 15) is 14.4 Å². The number of likely N-dealkylation sites (N-methyl/N-ethyl adjacent to an activating group) is 2. The number of carbonyl (C=O) groups is 3. The van der Waals surface area contributed by atoms with Crippen LogP contribution in [0.3, 0.4) is 0 Å². The summed E-state index contributed by atoms with van der Waals surface area (Å²) < 4.78 is 0. The van der Waals surface area contributed by atoms with Crippen LogP contribution in [0.15, 0.2) is 30.9 Å². The number of nitrogens with one attached hydrogen (secondary N) is 1. The molecule has 0 aliphatic carbocycles. The Morgan fingerprint density at radius 1 is 1.46 bits per heavy atom. The van der Waals surface area contributed by atoms with E-state index in [2.05, 4.69) is 11.9 Å². The van der Waals surface area contributed by atoms with Crippen molar-refractivity contribution in [3.63, 3.8) is 0 Å². The second kappa shape index (κ2) is 7.29. The molecule has 0 bridgehead atoms. The maximum absolute atomic E-state index is 12.2. The lowest BCUT2D eigenvalue weighted by atomic mass is 10.0. The lowest BCUT2D eigenvalue weighted by molar-refractivity contribution is -0.132. The van der Waals surface area contributed by atoms with E-state index in [4.69, 9.17) is 0 Å². The number of hydrogen-bond donors (Lipinski definition) is 1. The van der Waals surface area contributed by atoms with E-state index < -0.39 is 0 Å². The minimum absolute atomic E-state index is 0.00213. The third-order valence-electron chi connectivity index (χ3n) is 4.26. The molecule has 24 heavy (non-hydrogen) atoms. The summed E-state index contributed by atoms with van der Waals surface area (Å²) >= 11 is 0. The fraction of sp³-hybridized carbons (Fsp3) is 0.389. The summed E-state index contributed by atoms with van der Waals surface area (Å²) in [6.45, 7) is 7.57. The van der Waals surface area contributed by atoms with E-state index in [0.717, 1.165) is 16.8 Å². The average Bonchev–Trinajstić information content (AvgIpc) is 2.85. The zero-order valence-corrected chi connectivity index (χ0v) is 14.3. The van der Waals surface area contributed by atoms with Gasteiger partial charge in [-0.3, -0.25) is 14.4 Å². The molecule has 0 saturated carbocycles. The first kappa shape index (κ1) is 17.7. The highest BCUT2D eigenvalue weighted by Crippen LogP contribution is 2.30. The van der Waals surface area contributed by atoms with Gasteiger partial charge in [-0.15, -0.1) is 0 Å². The molecule has 1 aromatic carbocycles. The second-order valence-electron chi connectivity index (χ2n) is 5.86. The molecule has 0 spiro atoms. The van der Waals surface area contributed by atoms with Crippen LogP contribution in [0, 0.1) is 0 Å². The minimum Gasteiger partial charge on any atom is -0.348 e. The third-order valence-corrected chi connectivity index (χ3v) is 4.26. The summed E-state index contributed by atoms with van der Waals surface area (Å²) in [4.78, 5) is 38.6. The highest BCUT2D eigenvalue weighted by atomic mass is 16.2. The van der Waals surface area contributed by atoms with Crippen molar-refractivity contribution in [2.45, 2.75) is 26.3 Å². The Labute approximate surface area is 142 Å². The highest BCUT2D eigenvalue weighted by Gasteiger charge is 2.25. The molecule has 1 atom stereocenters. The van der Waals surface area contributed by atoms with Crippen LogP contribution in [0.1, 0.15) is 31.0 Å². The molecule has 6 nitrogen and oxygen atoms in total. The molecule has 0 radical (unpaired) electrons. The number of fused-ring (bicyclic) bond motifs is 1. The van der Waals surface area contributed by atoms with Gasteiger partial charge in [0.05, 0.1) is 19.0 Å². The van der Waals surface area contributed by atoms with Crippen LogP contribution in [-0.2, 0) is 20.8 Å². The molecule has 6 heteroatoms. The molecule has 2 rings (SSSR count). The smallest absolute Gasteiger partial charge is 0.246 e. The molecule has 128 valence electrons. The van der Waals surface area contributed by atoms with Gasteiger partial charge in [0.1, 0.15) is 0 Å². The van der Waals surface area contributed by atoms with Crippen LogP contribution in [0.4, 0.5) is 5.69 Å². The third kappa shape index (κ3) is 3.64. The Hall–Kier alpha value is -2.63. The van der Waals surface area contributed by atoms with E-state index in [1.165, 1.54) is 11.0 Å². The minimum atomic E-state index is -0.264.